The molecule has 1 fully saturated rings. The molecule has 6 nitrogen and oxygen atoms in total. The molecule has 0 aliphatic carbocycles. The summed E-state index contributed by atoms with van der Waals surface area (Å²) in [4.78, 5) is 6.30. The summed E-state index contributed by atoms with van der Waals surface area (Å²) in [6, 6.07) is 0.475. The molecule has 1 aliphatic heterocycles. The minimum Gasteiger partial charge on any atom is -0.347 e. The molecule has 1 aliphatic rings. The second-order valence-corrected chi connectivity index (χ2v) is 5.36. The predicted molar refractivity (Wildman–Crippen MR) is 65.2 cm³/mol. The monoisotopic (exact) mass is 250 g/mol. The van der Waals surface area contributed by atoms with E-state index in [2.05, 4.69) is 25.2 Å². The van der Waals surface area contributed by atoms with Crippen molar-refractivity contribution in [1.29, 1.82) is 0 Å². The fourth-order valence-electron chi connectivity index (χ4n) is 2.14. The van der Waals surface area contributed by atoms with Crippen LogP contribution >= 0.6 is 11.3 Å². The number of piperidine rings is 1. The molecule has 0 N–H and O–H groups in total. The Labute approximate surface area is 103 Å². The zero-order valence-corrected chi connectivity index (χ0v) is 10.5. The third kappa shape index (κ3) is 2.14. The Balaban J connectivity index is 1.64. The molecule has 90 valence electrons. The zero-order chi connectivity index (χ0) is 11.7. The second kappa shape index (κ2) is 4.40. The lowest BCUT2D eigenvalue weighted by Crippen LogP contribution is -2.34. The van der Waals surface area contributed by atoms with Crippen LogP contribution < -0.4 is 4.90 Å². The van der Waals surface area contributed by atoms with Gasteiger partial charge in [0, 0.05) is 13.1 Å². The molecule has 0 saturated carbocycles. The zero-order valence-electron chi connectivity index (χ0n) is 9.65. The van der Waals surface area contributed by atoms with Gasteiger partial charge in [0.05, 0.1) is 6.04 Å². The van der Waals surface area contributed by atoms with Gasteiger partial charge in [-0.1, -0.05) is 11.3 Å². The highest BCUT2D eigenvalue weighted by Gasteiger charge is 2.22. The van der Waals surface area contributed by atoms with Crippen LogP contribution in [0, 0.1) is 6.92 Å². The molecular formula is C10H14N6S. The average molecular weight is 250 g/mol. The number of anilines is 1. The molecule has 0 spiro atoms. The van der Waals surface area contributed by atoms with Crippen molar-refractivity contribution in [3.8, 4) is 0 Å². The Morgan fingerprint density at radius 3 is 2.71 bits per heavy atom. The third-order valence-electron chi connectivity index (χ3n) is 3.06. The third-order valence-corrected chi connectivity index (χ3v) is 3.96. The van der Waals surface area contributed by atoms with Gasteiger partial charge in [-0.15, -0.1) is 10.2 Å². The number of aryl methyl sites for hydroxylation is 1. The minimum atomic E-state index is 0.475. The van der Waals surface area contributed by atoms with Crippen molar-refractivity contribution in [3.63, 3.8) is 0 Å². The summed E-state index contributed by atoms with van der Waals surface area (Å²) in [5.74, 6) is 0. The van der Waals surface area contributed by atoms with Crippen molar-refractivity contribution in [2.24, 2.45) is 0 Å². The lowest BCUT2D eigenvalue weighted by atomic mass is 10.1. The van der Waals surface area contributed by atoms with Gasteiger partial charge in [-0.3, -0.25) is 0 Å². The van der Waals surface area contributed by atoms with Crippen molar-refractivity contribution in [2.75, 3.05) is 18.0 Å². The Morgan fingerprint density at radius 2 is 2.12 bits per heavy atom. The van der Waals surface area contributed by atoms with Crippen molar-refractivity contribution in [2.45, 2.75) is 25.8 Å². The first kappa shape index (κ1) is 10.6. The van der Waals surface area contributed by atoms with Gasteiger partial charge in [0.2, 0.25) is 5.13 Å². The summed E-state index contributed by atoms with van der Waals surface area (Å²) < 4.78 is 1.96. The van der Waals surface area contributed by atoms with Gasteiger partial charge in [-0.25, -0.2) is 9.67 Å². The van der Waals surface area contributed by atoms with Gasteiger partial charge >= 0.3 is 0 Å². The Hall–Kier alpha value is -1.50. The molecule has 17 heavy (non-hydrogen) atoms. The van der Waals surface area contributed by atoms with Gasteiger partial charge in [0.15, 0.2) is 0 Å². The number of hydrogen-bond donors (Lipinski definition) is 0. The molecular weight excluding hydrogens is 236 g/mol. The van der Waals surface area contributed by atoms with Crippen LogP contribution in [0.1, 0.15) is 23.9 Å². The van der Waals surface area contributed by atoms with Gasteiger partial charge in [0.1, 0.15) is 17.7 Å². The van der Waals surface area contributed by atoms with Crippen LogP contribution in [0.3, 0.4) is 0 Å². The van der Waals surface area contributed by atoms with Crippen LogP contribution in [-0.4, -0.2) is 38.1 Å². The number of rotatable bonds is 2. The first-order valence-corrected chi connectivity index (χ1v) is 6.54. The minimum absolute atomic E-state index is 0.475. The van der Waals surface area contributed by atoms with E-state index < -0.39 is 0 Å². The highest BCUT2D eigenvalue weighted by molar-refractivity contribution is 7.15. The molecule has 0 radical (unpaired) electrons. The van der Waals surface area contributed by atoms with Crippen molar-refractivity contribution in [1.82, 2.24) is 25.0 Å². The maximum atomic E-state index is 4.20. The van der Waals surface area contributed by atoms with Gasteiger partial charge < -0.3 is 4.90 Å². The van der Waals surface area contributed by atoms with Crippen molar-refractivity contribution < 1.29 is 0 Å². The highest BCUT2D eigenvalue weighted by atomic mass is 32.1. The maximum Gasteiger partial charge on any atom is 0.208 e. The van der Waals surface area contributed by atoms with Crippen LogP contribution in [0.5, 0.6) is 0 Å². The van der Waals surface area contributed by atoms with E-state index in [1.54, 1.807) is 24.0 Å². The fraction of sp³-hybridized carbons (Fsp3) is 0.600. The van der Waals surface area contributed by atoms with Gasteiger partial charge in [-0.05, 0) is 19.8 Å². The van der Waals surface area contributed by atoms with Crippen LogP contribution in [0.25, 0.3) is 0 Å². The van der Waals surface area contributed by atoms with Gasteiger partial charge in [-0.2, -0.15) is 5.10 Å². The molecule has 0 amide bonds. The summed E-state index contributed by atoms with van der Waals surface area (Å²) in [7, 11) is 0. The number of nitrogens with zero attached hydrogens (tertiary/aromatic N) is 6. The van der Waals surface area contributed by atoms with Crippen LogP contribution in [-0.2, 0) is 0 Å². The first-order valence-electron chi connectivity index (χ1n) is 5.72. The number of aromatic nitrogens is 5. The Kier molecular flexibility index (Phi) is 2.76. The molecule has 0 aromatic carbocycles. The molecule has 1 saturated heterocycles. The summed E-state index contributed by atoms with van der Waals surface area (Å²) >= 11 is 1.66. The molecule has 0 atom stereocenters. The number of hydrogen-bond acceptors (Lipinski definition) is 6. The van der Waals surface area contributed by atoms with Crippen molar-refractivity contribution in [3.05, 3.63) is 17.7 Å². The quantitative estimate of drug-likeness (QED) is 0.803. The molecule has 2 aromatic rings. The standard InChI is InChI=1S/C10H14N6S/c1-8-13-14-10(17-8)15-4-2-9(3-5-15)16-7-11-6-12-16/h6-7,9H,2-5H2,1H3. The van der Waals surface area contributed by atoms with E-state index in [-0.39, 0.29) is 0 Å². The van der Waals surface area contributed by atoms with E-state index in [4.69, 9.17) is 0 Å². The van der Waals surface area contributed by atoms with E-state index in [1.807, 2.05) is 11.6 Å². The maximum absolute atomic E-state index is 4.20. The topological polar surface area (TPSA) is 59.7 Å². The highest BCUT2D eigenvalue weighted by Crippen LogP contribution is 2.27. The lowest BCUT2D eigenvalue weighted by Gasteiger charge is -2.31. The Bertz CT molecular complexity index is 471. The normalized spacial score (nSPS) is 17.6. The smallest absolute Gasteiger partial charge is 0.208 e. The van der Waals surface area contributed by atoms with E-state index in [9.17, 15) is 0 Å². The first-order chi connectivity index (χ1) is 8.33. The summed E-state index contributed by atoms with van der Waals surface area (Å²) in [6.07, 6.45) is 5.57. The van der Waals surface area contributed by atoms with E-state index in [0.717, 1.165) is 36.1 Å². The van der Waals surface area contributed by atoms with E-state index in [0.29, 0.717) is 6.04 Å². The van der Waals surface area contributed by atoms with Gasteiger partial charge in [0.25, 0.3) is 0 Å². The molecule has 0 unspecified atom stereocenters. The SMILES string of the molecule is Cc1nnc(N2CCC(n3cncn3)CC2)s1. The predicted octanol–water partition coefficient (Wildman–Crippen LogP) is 1.28. The van der Waals surface area contributed by atoms with E-state index in [1.165, 1.54) is 0 Å². The summed E-state index contributed by atoms with van der Waals surface area (Å²) in [5, 5.41) is 14.5. The summed E-state index contributed by atoms with van der Waals surface area (Å²) in [5.41, 5.74) is 0. The largest absolute Gasteiger partial charge is 0.347 e. The average Bonchev–Trinajstić information content (AvgIpc) is 3.00. The molecule has 3 rings (SSSR count). The molecule has 2 aromatic heterocycles. The Morgan fingerprint density at radius 1 is 1.29 bits per heavy atom. The van der Waals surface area contributed by atoms with Crippen LogP contribution in [0.2, 0.25) is 0 Å². The van der Waals surface area contributed by atoms with Crippen LogP contribution in [0.15, 0.2) is 12.7 Å². The van der Waals surface area contributed by atoms with Crippen LogP contribution in [0.4, 0.5) is 5.13 Å². The van der Waals surface area contributed by atoms with Crippen molar-refractivity contribution >= 4 is 16.5 Å². The fourth-order valence-corrected chi connectivity index (χ4v) is 2.88. The molecule has 3 heterocycles. The molecule has 0 bridgehead atoms. The van der Waals surface area contributed by atoms with E-state index >= 15 is 0 Å². The molecule has 7 heteroatoms. The lowest BCUT2D eigenvalue weighted by molar-refractivity contribution is 0.366. The summed E-state index contributed by atoms with van der Waals surface area (Å²) in [6.45, 7) is 4.02. The second-order valence-electron chi connectivity index (χ2n) is 4.20.